The lowest BCUT2D eigenvalue weighted by atomic mass is 9.83. The van der Waals surface area contributed by atoms with Gasteiger partial charge < -0.3 is 10.0 Å². The molecule has 0 saturated carbocycles. The molecule has 3 nitrogen and oxygen atoms in total. The molecule has 108 valence electrons. The van der Waals surface area contributed by atoms with Gasteiger partial charge in [-0.1, -0.05) is 38.1 Å². The van der Waals surface area contributed by atoms with Crippen molar-refractivity contribution in [2.75, 3.05) is 25.1 Å². The van der Waals surface area contributed by atoms with Gasteiger partial charge in [-0.3, -0.25) is 0 Å². The van der Waals surface area contributed by atoms with E-state index in [1.807, 2.05) is 24.4 Å². The summed E-state index contributed by atoms with van der Waals surface area (Å²) in [6.45, 7) is 5.32. The molecule has 2 rings (SSSR count). The highest BCUT2D eigenvalue weighted by Crippen LogP contribution is 2.30. The van der Waals surface area contributed by atoms with Crippen LogP contribution in [0.15, 0.2) is 36.5 Å². The summed E-state index contributed by atoms with van der Waals surface area (Å²) in [4.78, 5) is 6.71. The standard InChI is InChI=1S/C17H24N2O/c1-4-17(5-2,13-20)12-19(3)16-15-9-7-6-8-14(15)10-11-18-16/h6-11,20H,4-5,12-13H2,1-3H3. The van der Waals surface area contributed by atoms with Gasteiger partial charge in [-0.05, 0) is 24.3 Å². The summed E-state index contributed by atoms with van der Waals surface area (Å²) in [5, 5.41) is 12.1. The molecule has 0 bridgehead atoms. The molecule has 0 saturated heterocycles. The molecule has 1 aromatic heterocycles. The molecular formula is C17H24N2O. The second-order valence-corrected chi connectivity index (χ2v) is 5.58. The van der Waals surface area contributed by atoms with Gasteiger partial charge in [0, 0.05) is 30.6 Å². The van der Waals surface area contributed by atoms with Crippen molar-refractivity contribution in [2.45, 2.75) is 26.7 Å². The largest absolute Gasteiger partial charge is 0.396 e. The normalized spacial score (nSPS) is 11.8. The smallest absolute Gasteiger partial charge is 0.136 e. The van der Waals surface area contributed by atoms with Gasteiger partial charge in [0.25, 0.3) is 0 Å². The van der Waals surface area contributed by atoms with Crippen LogP contribution < -0.4 is 4.90 Å². The Morgan fingerprint density at radius 3 is 2.50 bits per heavy atom. The van der Waals surface area contributed by atoms with Crippen molar-refractivity contribution >= 4 is 16.6 Å². The monoisotopic (exact) mass is 272 g/mol. The SMILES string of the molecule is CCC(CC)(CO)CN(C)c1nccc2ccccc12. The Hall–Kier alpha value is -1.61. The molecule has 0 atom stereocenters. The highest BCUT2D eigenvalue weighted by atomic mass is 16.3. The lowest BCUT2D eigenvalue weighted by molar-refractivity contribution is 0.121. The Morgan fingerprint density at radius 1 is 1.15 bits per heavy atom. The fraction of sp³-hybridized carbons (Fsp3) is 0.471. The molecule has 2 aromatic rings. The van der Waals surface area contributed by atoms with Crippen LogP contribution in [0.3, 0.4) is 0 Å². The first-order chi connectivity index (χ1) is 9.65. The first kappa shape index (κ1) is 14.8. The van der Waals surface area contributed by atoms with E-state index in [0.29, 0.717) is 0 Å². The number of benzene rings is 1. The minimum absolute atomic E-state index is 0.0482. The molecule has 0 unspecified atom stereocenters. The molecule has 0 aliphatic heterocycles. The number of aromatic nitrogens is 1. The number of rotatable bonds is 6. The van der Waals surface area contributed by atoms with Crippen LogP contribution in [0.25, 0.3) is 10.8 Å². The molecule has 0 radical (unpaired) electrons. The van der Waals surface area contributed by atoms with Crippen molar-refractivity contribution in [3.8, 4) is 0 Å². The van der Waals surface area contributed by atoms with Crippen LogP contribution in [0.5, 0.6) is 0 Å². The van der Waals surface area contributed by atoms with Crippen LogP contribution in [0.2, 0.25) is 0 Å². The summed E-state index contributed by atoms with van der Waals surface area (Å²) in [6.07, 6.45) is 3.79. The predicted octanol–water partition coefficient (Wildman–Crippen LogP) is 3.47. The summed E-state index contributed by atoms with van der Waals surface area (Å²) in [5.41, 5.74) is -0.0482. The Labute approximate surface area is 121 Å². The minimum Gasteiger partial charge on any atom is -0.396 e. The molecule has 0 aliphatic rings. The van der Waals surface area contributed by atoms with Gasteiger partial charge in [0.05, 0.1) is 6.61 Å². The van der Waals surface area contributed by atoms with E-state index in [1.54, 1.807) is 0 Å². The van der Waals surface area contributed by atoms with Crippen molar-refractivity contribution in [3.05, 3.63) is 36.5 Å². The Balaban J connectivity index is 2.34. The lowest BCUT2D eigenvalue weighted by Gasteiger charge is -2.34. The van der Waals surface area contributed by atoms with Gasteiger partial charge in [-0.15, -0.1) is 0 Å². The minimum atomic E-state index is -0.0482. The third-order valence-corrected chi connectivity index (χ3v) is 4.42. The van der Waals surface area contributed by atoms with E-state index in [9.17, 15) is 5.11 Å². The second kappa shape index (κ2) is 6.23. The zero-order valence-electron chi connectivity index (χ0n) is 12.6. The fourth-order valence-electron chi connectivity index (χ4n) is 2.73. The van der Waals surface area contributed by atoms with Gasteiger partial charge in [-0.25, -0.2) is 4.98 Å². The van der Waals surface area contributed by atoms with Gasteiger partial charge in [-0.2, -0.15) is 0 Å². The number of fused-ring (bicyclic) bond motifs is 1. The van der Waals surface area contributed by atoms with Gasteiger partial charge in [0.2, 0.25) is 0 Å². The predicted molar refractivity (Wildman–Crippen MR) is 85.1 cm³/mol. The molecule has 3 heteroatoms. The van der Waals surface area contributed by atoms with Crippen molar-refractivity contribution in [1.29, 1.82) is 0 Å². The van der Waals surface area contributed by atoms with Gasteiger partial charge in [0.1, 0.15) is 5.82 Å². The van der Waals surface area contributed by atoms with E-state index in [1.165, 1.54) is 5.39 Å². The summed E-state index contributed by atoms with van der Waals surface area (Å²) < 4.78 is 0. The molecule has 0 spiro atoms. The highest BCUT2D eigenvalue weighted by Gasteiger charge is 2.27. The van der Waals surface area contributed by atoms with Gasteiger partial charge >= 0.3 is 0 Å². The van der Waals surface area contributed by atoms with Crippen LogP contribution in [0.4, 0.5) is 5.82 Å². The molecule has 1 aromatic carbocycles. The van der Waals surface area contributed by atoms with E-state index < -0.39 is 0 Å². The maximum Gasteiger partial charge on any atom is 0.136 e. The quantitative estimate of drug-likeness (QED) is 0.874. The second-order valence-electron chi connectivity index (χ2n) is 5.58. The van der Waals surface area contributed by atoms with Crippen LogP contribution in [-0.2, 0) is 0 Å². The van der Waals surface area contributed by atoms with E-state index in [2.05, 4.69) is 42.9 Å². The summed E-state index contributed by atoms with van der Waals surface area (Å²) in [7, 11) is 2.06. The third kappa shape index (κ3) is 2.78. The van der Waals surface area contributed by atoms with E-state index in [4.69, 9.17) is 0 Å². The zero-order chi connectivity index (χ0) is 14.6. The molecule has 0 fully saturated rings. The van der Waals surface area contributed by atoms with Crippen LogP contribution in [0.1, 0.15) is 26.7 Å². The molecule has 1 N–H and O–H groups in total. The number of hydrogen-bond acceptors (Lipinski definition) is 3. The molecule has 20 heavy (non-hydrogen) atoms. The number of anilines is 1. The molecule has 0 amide bonds. The number of aliphatic hydroxyl groups is 1. The van der Waals surface area contributed by atoms with E-state index in [-0.39, 0.29) is 12.0 Å². The molecule has 0 aliphatic carbocycles. The summed E-state index contributed by atoms with van der Waals surface area (Å²) in [5.74, 6) is 0.989. The van der Waals surface area contributed by atoms with Crippen molar-refractivity contribution in [1.82, 2.24) is 4.98 Å². The topological polar surface area (TPSA) is 36.4 Å². The maximum atomic E-state index is 9.74. The Bertz CT molecular complexity index is 550. The van der Waals surface area contributed by atoms with Crippen LogP contribution in [0, 0.1) is 5.41 Å². The number of aliphatic hydroxyl groups excluding tert-OH is 1. The Kier molecular flexibility index (Phi) is 4.61. The summed E-state index contributed by atoms with van der Waals surface area (Å²) >= 11 is 0. The summed E-state index contributed by atoms with van der Waals surface area (Å²) in [6, 6.07) is 10.3. The van der Waals surface area contributed by atoms with Crippen LogP contribution >= 0.6 is 0 Å². The average Bonchev–Trinajstić information content (AvgIpc) is 2.52. The van der Waals surface area contributed by atoms with Crippen molar-refractivity contribution in [2.24, 2.45) is 5.41 Å². The van der Waals surface area contributed by atoms with Crippen LogP contribution in [-0.4, -0.2) is 30.3 Å². The molecular weight excluding hydrogens is 248 g/mol. The third-order valence-electron chi connectivity index (χ3n) is 4.42. The van der Waals surface area contributed by atoms with Crippen molar-refractivity contribution < 1.29 is 5.11 Å². The zero-order valence-corrected chi connectivity index (χ0v) is 12.6. The van der Waals surface area contributed by atoms with Crippen molar-refractivity contribution in [3.63, 3.8) is 0 Å². The molecule has 1 heterocycles. The number of hydrogen-bond donors (Lipinski definition) is 1. The van der Waals surface area contributed by atoms with Gasteiger partial charge in [0.15, 0.2) is 0 Å². The average molecular weight is 272 g/mol. The lowest BCUT2D eigenvalue weighted by Crippen LogP contribution is -2.38. The first-order valence-electron chi connectivity index (χ1n) is 7.31. The number of nitrogens with zero attached hydrogens (tertiary/aromatic N) is 2. The first-order valence-corrected chi connectivity index (χ1v) is 7.31. The number of pyridine rings is 1. The highest BCUT2D eigenvalue weighted by molar-refractivity contribution is 5.91. The maximum absolute atomic E-state index is 9.74. The fourth-order valence-corrected chi connectivity index (χ4v) is 2.73. The Morgan fingerprint density at radius 2 is 1.85 bits per heavy atom. The van der Waals surface area contributed by atoms with E-state index >= 15 is 0 Å². The van der Waals surface area contributed by atoms with E-state index in [0.717, 1.165) is 30.6 Å².